The van der Waals surface area contributed by atoms with Crippen LogP contribution in [0, 0.1) is 6.92 Å². The summed E-state index contributed by atoms with van der Waals surface area (Å²) in [7, 11) is -2.15. The molecular formula is C16H18ClNO3S. The van der Waals surface area contributed by atoms with Gasteiger partial charge in [-0.15, -0.1) is 0 Å². The van der Waals surface area contributed by atoms with Gasteiger partial charge in [-0.3, -0.25) is 4.31 Å². The van der Waals surface area contributed by atoms with Crippen LogP contribution in [0.15, 0.2) is 47.4 Å². The van der Waals surface area contributed by atoms with E-state index in [2.05, 4.69) is 0 Å². The van der Waals surface area contributed by atoms with Crippen molar-refractivity contribution < 1.29 is 13.2 Å². The SMILES string of the molecule is CCN(c1cc(C)ccc1OC)S(=O)(=O)c1ccc(Cl)cc1. The molecule has 4 nitrogen and oxygen atoms in total. The molecule has 0 bridgehead atoms. The van der Waals surface area contributed by atoms with Crippen molar-refractivity contribution in [3.63, 3.8) is 0 Å². The quantitative estimate of drug-likeness (QED) is 0.830. The van der Waals surface area contributed by atoms with Gasteiger partial charge in [-0.05, 0) is 55.8 Å². The number of hydrogen-bond acceptors (Lipinski definition) is 3. The first kappa shape index (κ1) is 16.6. The number of halogens is 1. The minimum absolute atomic E-state index is 0.197. The molecule has 0 saturated carbocycles. The number of sulfonamides is 1. The minimum Gasteiger partial charge on any atom is -0.495 e. The lowest BCUT2D eigenvalue weighted by Gasteiger charge is -2.25. The van der Waals surface area contributed by atoms with Crippen molar-refractivity contribution in [3.05, 3.63) is 53.1 Å². The lowest BCUT2D eigenvalue weighted by atomic mass is 10.2. The van der Waals surface area contributed by atoms with Crippen molar-refractivity contribution in [2.45, 2.75) is 18.7 Å². The summed E-state index contributed by atoms with van der Waals surface area (Å²) in [6, 6.07) is 11.6. The Morgan fingerprint density at radius 1 is 1.14 bits per heavy atom. The fourth-order valence-corrected chi connectivity index (χ4v) is 3.80. The van der Waals surface area contributed by atoms with E-state index >= 15 is 0 Å². The van der Waals surface area contributed by atoms with Gasteiger partial charge in [0.15, 0.2) is 0 Å². The number of rotatable bonds is 5. The van der Waals surface area contributed by atoms with Crippen molar-refractivity contribution in [3.8, 4) is 5.75 Å². The zero-order valence-corrected chi connectivity index (χ0v) is 14.3. The molecule has 0 unspecified atom stereocenters. The van der Waals surface area contributed by atoms with Crippen LogP contribution in [0.2, 0.25) is 5.02 Å². The van der Waals surface area contributed by atoms with E-state index in [1.807, 2.05) is 13.0 Å². The number of benzene rings is 2. The number of anilines is 1. The van der Waals surface area contributed by atoms with Gasteiger partial charge in [-0.1, -0.05) is 17.7 Å². The van der Waals surface area contributed by atoms with E-state index in [-0.39, 0.29) is 4.90 Å². The summed E-state index contributed by atoms with van der Waals surface area (Å²) in [5.41, 5.74) is 1.49. The van der Waals surface area contributed by atoms with E-state index in [4.69, 9.17) is 16.3 Å². The summed E-state index contributed by atoms with van der Waals surface area (Å²) in [4.78, 5) is 0.197. The van der Waals surface area contributed by atoms with Gasteiger partial charge >= 0.3 is 0 Å². The van der Waals surface area contributed by atoms with E-state index in [0.717, 1.165) is 5.56 Å². The number of methoxy groups -OCH3 is 1. The van der Waals surface area contributed by atoms with Gasteiger partial charge in [0.05, 0.1) is 17.7 Å². The fourth-order valence-electron chi connectivity index (χ4n) is 2.20. The maximum Gasteiger partial charge on any atom is 0.264 e. The predicted octanol–water partition coefficient (Wildman–Crippen LogP) is 3.87. The summed E-state index contributed by atoms with van der Waals surface area (Å²) in [6.45, 7) is 3.99. The smallest absolute Gasteiger partial charge is 0.264 e. The zero-order chi connectivity index (χ0) is 16.3. The highest BCUT2D eigenvalue weighted by molar-refractivity contribution is 7.92. The third-order valence-electron chi connectivity index (χ3n) is 3.29. The van der Waals surface area contributed by atoms with Gasteiger partial charge < -0.3 is 4.74 Å². The Kier molecular flexibility index (Phi) is 4.98. The topological polar surface area (TPSA) is 46.6 Å². The molecule has 2 rings (SSSR count). The second kappa shape index (κ2) is 6.58. The van der Waals surface area contributed by atoms with E-state index < -0.39 is 10.0 Å². The Bertz CT molecular complexity index is 757. The van der Waals surface area contributed by atoms with Crippen molar-refractivity contribution >= 4 is 27.3 Å². The average molecular weight is 340 g/mol. The zero-order valence-electron chi connectivity index (χ0n) is 12.7. The Hall–Kier alpha value is -1.72. The summed E-state index contributed by atoms with van der Waals surface area (Å²) < 4.78 is 32.4. The molecule has 0 fully saturated rings. The van der Waals surface area contributed by atoms with Crippen LogP contribution in [-0.2, 0) is 10.0 Å². The lowest BCUT2D eigenvalue weighted by Crippen LogP contribution is -2.31. The summed E-state index contributed by atoms with van der Waals surface area (Å²) in [6.07, 6.45) is 0. The van der Waals surface area contributed by atoms with Crippen molar-refractivity contribution in [2.75, 3.05) is 18.0 Å². The fraction of sp³-hybridized carbons (Fsp3) is 0.250. The van der Waals surface area contributed by atoms with Crippen LogP contribution in [0.1, 0.15) is 12.5 Å². The normalized spacial score (nSPS) is 11.3. The molecule has 0 heterocycles. The largest absolute Gasteiger partial charge is 0.495 e. The molecule has 118 valence electrons. The molecule has 0 spiro atoms. The van der Waals surface area contributed by atoms with Crippen LogP contribution in [0.3, 0.4) is 0 Å². The van der Waals surface area contributed by atoms with Gasteiger partial charge in [0, 0.05) is 11.6 Å². The average Bonchev–Trinajstić information content (AvgIpc) is 2.48. The summed E-state index contributed by atoms with van der Waals surface area (Å²) in [5.74, 6) is 0.519. The molecule has 2 aromatic carbocycles. The van der Waals surface area contributed by atoms with Crippen molar-refractivity contribution in [1.82, 2.24) is 0 Å². The third-order valence-corrected chi connectivity index (χ3v) is 5.45. The minimum atomic E-state index is -3.68. The summed E-state index contributed by atoms with van der Waals surface area (Å²) in [5, 5.41) is 0.495. The van der Waals surface area contributed by atoms with Crippen LogP contribution in [0.5, 0.6) is 5.75 Å². The molecular weight excluding hydrogens is 322 g/mol. The van der Waals surface area contributed by atoms with E-state index in [1.165, 1.54) is 23.5 Å². The first-order valence-electron chi connectivity index (χ1n) is 6.83. The maximum atomic E-state index is 12.9. The lowest BCUT2D eigenvalue weighted by molar-refractivity contribution is 0.415. The number of nitrogens with zero attached hydrogens (tertiary/aromatic N) is 1. The van der Waals surface area contributed by atoms with Gasteiger partial charge in [0.1, 0.15) is 5.75 Å². The first-order valence-corrected chi connectivity index (χ1v) is 8.65. The molecule has 0 aromatic heterocycles. The molecule has 0 N–H and O–H groups in total. The highest BCUT2D eigenvalue weighted by Gasteiger charge is 2.26. The van der Waals surface area contributed by atoms with Crippen LogP contribution in [0.4, 0.5) is 5.69 Å². The van der Waals surface area contributed by atoms with Gasteiger partial charge in [0.2, 0.25) is 0 Å². The van der Waals surface area contributed by atoms with Crippen LogP contribution < -0.4 is 9.04 Å². The van der Waals surface area contributed by atoms with Gasteiger partial charge in [-0.2, -0.15) is 0 Å². The highest BCUT2D eigenvalue weighted by Crippen LogP contribution is 2.33. The Morgan fingerprint density at radius 3 is 2.32 bits per heavy atom. The Labute approximate surface area is 136 Å². The van der Waals surface area contributed by atoms with E-state index in [0.29, 0.717) is 23.0 Å². The molecule has 6 heteroatoms. The molecule has 2 aromatic rings. The molecule has 0 aliphatic carbocycles. The molecule has 22 heavy (non-hydrogen) atoms. The van der Waals surface area contributed by atoms with Gasteiger partial charge in [-0.25, -0.2) is 8.42 Å². The predicted molar refractivity (Wildman–Crippen MR) is 89.4 cm³/mol. The van der Waals surface area contributed by atoms with Crippen molar-refractivity contribution in [2.24, 2.45) is 0 Å². The molecule has 0 atom stereocenters. The molecule has 0 amide bonds. The molecule has 0 aliphatic rings. The van der Waals surface area contributed by atoms with Gasteiger partial charge in [0.25, 0.3) is 10.0 Å². The number of aryl methyl sites for hydroxylation is 1. The molecule has 0 saturated heterocycles. The Balaban J connectivity index is 2.56. The second-order valence-electron chi connectivity index (χ2n) is 4.80. The number of hydrogen-bond donors (Lipinski definition) is 0. The monoisotopic (exact) mass is 339 g/mol. The third kappa shape index (κ3) is 3.20. The Morgan fingerprint density at radius 2 is 1.77 bits per heavy atom. The van der Waals surface area contributed by atoms with Crippen LogP contribution in [0.25, 0.3) is 0 Å². The van der Waals surface area contributed by atoms with E-state index in [9.17, 15) is 8.42 Å². The molecule has 0 aliphatic heterocycles. The van der Waals surface area contributed by atoms with Crippen LogP contribution in [-0.4, -0.2) is 22.1 Å². The maximum absolute atomic E-state index is 12.9. The summed E-state index contributed by atoms with van der Waals surface area (Å²) >= 11 is 5.83. The standard InChI is InChI=1S/C16H18ClNO3S/c1-4-18(15-11-12(2)5-10-16(15)21-3)22(19,20)14-8-6-13(17)7-9-14/h5-11H,4H2,1-3H3. The number of ether oxygens (including phenoxy) is 1. The van der Waals surface area contributed by atoms with Crippen LogP contribution >= 0.6 is 11.6 Å². The van der Waals surface area contributed by atoms with Crippen molar-refractivity contribution in [1.29, 1.82) is 0 Å². The highest BCUT2D eigenvalue weighted by atomic mass is 35.5. The van der Waals surface area contributed by atoms with E-state index in [1.54, 1.807) is 31.2 Å². The molecule has 0 radical (unpaired) electrons. The first-order chi connectivity index (χ1) is 10.4. The second-order valence-corrected chi connectivity index (χ2v) is 7.10.